The lowest BCUT2D eigenvalue weighted by Gasteiger charge is -2.33. The highest BCUT2D eigenvalue weighted by Gasteiger charge is 2.29. The van der Waals surface area contributed by atoms with E-state index < -0.39 is 10.0 Å². The molecule has 0 radical (unpaired) electrons. The molecule has 0 atom stereocenters. The minimum Gasteiger partial charge on any atom is -0.309 e. The molecule has 160 valence electrons. The molecular weight excluding hydrogens is 420 g/mol. The largest absolute Gasteiger partial charge is 0.309 e. The number of piperazine rings is 1. The molecule has 1 N–H and O–H groups in total. The number of nitrogens with one attached hydrogen (secondary N) is 1. The second-order valence-electron chi connectivity index (χ2n) is 7.90. The predicted octanol–water partition coefficient (Wildman–Crippen LogP) is 2.72. The van der Waals surface area contributed by atoms with Crippen LogP contribution in [0, 0.1) is 27.7 Å². The Balaban J connectivity index is 1.46. The maximum Gasteiger partial charge on any atom is 0.259 e. The number of rotatable bonds is 4. The van der Waals surface area contributed by atoms with Gasteiger partial charge in [-0.05, 0) is 56.5 Å². The number of thiophene rings is 1. The second-order valence-corrected chi connectivity index (χ2v) is 11.0. The lowest BCUT2D eigenvalue weighted by molar-refractivity contribution is 0.178. The molecule has 30 heavy (non-hydrogen) atoms. The zero-order valence-corrected chi connectivity index (χ0v) is 19.3. The Labute approximate surface area is 180 Å². The minimum absolute atomic E-state index is 0.104. The van der Waals surface area contributed by atoms with E-state index in [9.17, 15) is 13.2 Å². The Bertz CT molecular complexity index is 1270. The number of aryl methyl sites for hydroxylation is 4. The Kier molecular flexibility index (Phi) is 5.56. The van der Waals surface area contributed by atoms with Gasteiger partial charge in [-0.3, -0.25) is 9.69 Å². The van der Waals surface area contributed by atoms with E-state index >= 15 is 0 Å². The number of sulfonamides is 1. The Hall–Kier alpha value is -2.07. The van der Waals surface area contributed by atoms with Gasteiger partial charge in [-0.15, -0.1) is 11.3 Å². The molecule has 0 aliphatic carbocycles. The molecule has 0 amide bonds. The maximum absolute atomic E-state index is 13.0. The molecular formula is C21H26N4O3S2. The lowest BCUT2D eigenvalue weighted by Crippen LogP contribution is -2.48. The molecule has 3 heterocycles. The Morgan fingerprint density at radius 3 is 2.43 bits per heavy atom. The summed E-state index contributed by atoms with van der Waals surface area (Å²) in [5.74, 6) is 0.624. The summed E-state index contributed by atoms with van der Waals surface area (Å²) in [6, 6.07) is 5.27. The summed E-state index contributed by atoms with van der Waals surface area (Å²) in [7, 11) is -3.50. The number of H-pyrrole nitrogens is 1. The van der Waals surface area contributed by atoms with E-state index in [1.807, 2.05) is 33.8 Å². The van der Waals surface area contributed by atoms with Crippen molar-refractivity contribution in [3.63, 3.8) is 0 Å². The molecule has 1 saturated heterocycles. The van der Waals surface area contributed by atoms with Crippen LogP contribution in [0.2, 0.25) is 0 Å². The number of hydrogen-bond acceptors (Lipinski definition) is 6. The third kappa shape index (κ3) is 3.82. The van der Waals surface area contributed by atoms with Crippen LogP contribution in [0.4, 0.5) is 0 Å². The zero-order valence-electron chi connectivity index (χ0n) is 17.7. The fourth-order valence-corrected chi connectivity index (χ4v) is 6.29. The van der Waals surface area contributed by atoms with Crippen LogP contribution in [-0.2, 0) is 16.6 Å². The third-order valence-corrected chi connectivity index (χ3v) is 8.90. The van der Waals surface area contributed by atoms with Crippen molar-refractivity contribution in [2.24, 2.45) is 0 Å². The van der Waals surface area contributed by atoms with E-state index in [1.54, 1.807) is 16.4 Å². The molecule has 1 aliphatic rings. The molecule has 1 fully saturated rings. The van der Waals surface area contributed by atoms with Gasteiger partial charge in [-0.1, -0.05) is 6.07 Å². The summed E-state index contributed by atoms with van der Waals surface area (Å²) >= 11 is 1.54. The van der Waals surface area contributed by atoms with Gasteiger partial charge >= 0.3 is 0 Å². The Morgan fingerprint density at radius 2 is 1.77 bits per heavy atom. The summed E-state index contributed by atoms with van der Waals surface area (Å²) in [5, 5.41) is 0.672. The maximum atomic E-state index is 13.0. The van der Waals surface area contributed by atoms with Crippen LogP contribution >= 0.6 is 11.3 Å². The quantitative estimate of drug-likeness (QED) is 0.666. The van der Waals surface area contributed by atoms with E-state index in [2.05, 4.69) is 14.9 Å². The van der Waals surface area contributed by atoms with Crippen molar-refractivity contribution >= 4 is 31.6 Å². The van der Waals surface area contributed by atoms with Gasteiger partial charge in [0.2, 0.25) is 10.0 Å². The highest BCUT2D eigenvalue weighted by molar-refractivity contribution is 7.89. The van der Waals surface area contributed by atoms with Crippen LogP contribution < -0.4 is 5.56 Å². The molecule has 2 aromatic heterocycles. The normalized spacial score (nSPS) is 16.4. The van der Waals surface area contributed by atoms with E-state index in [0.717, 1.165) is 26.4 Å². The van der Waals surface area contributed by atoms with Crippen molar-refractivity contribution in [1.29, 1.82) is 0 Å². The number of aromatic amines is 1. The molecule has 0 saturated carbocycles. The number of fused-ring (bicyclic) bond motifs is 1. The fraction of sp³-hybridized carbons (Fsp3) is 0.429. The van der Waals surface area contributed by atoms with Gasteiger partial charge < -0.3 is 4.98 Å². The first-order valence-corrected chi connectivity index (χ1v) is 12.2. The van der Waals surface area contributed by atoms with E-state index in [1.165, 1.54) is 11.3 Å². The molecule has 9 heteroatoms. The van der Waals surface area contributed by atoms with Crippen molar-refractivity contribution in [2.45, 2.75) is 39.1 Å². The highest BCUT2D eigenvalue weighted by atomic mass is 32.2. The van der Waals surface area contributed by atoms with E-state index in [-0.39, 0.29) is 5.56 Å². The van der Waals surface area contributed by atoms with Crippen LogP contribution in [0.15, 0.2) is 27.9 Å². The zero-order chi connectivity index (χ0) is 21.6. The van der Waals surface area contributed by atoms with Crippen molar-refractivity contribution < 1.29 is 8.42 Å². The number of benzene rings is 1. The first-order valence-electron chi connectivity index (χ1n) is 9.95. The van der Waals surface area contributed by atoms with Crippen molar-refractivity contribution in [2.75, 3.05) is 26.2 Å². The standard InChI is InChI=1S/C21H26N4O3S2/c1-13-5-6-17(11-14(13)2)30(27,28)25-9-7-24(8-10-25)12-18-22-20(26)19-15(3)16(4)29-21(19)23-18/h5-6,11H,7-10,12H2,1-4H3,(H,22,23,26). The SMILES string of the molecule is Cc1ccc(S(=O)(=O)N2CCN(Cc3nc4sc(C)c(C)c4c(=O)[nH]3)CC2)cc1C. The van der Waals surface area contributed by atoms with Gasteiger partial charge in [0.15, 0.2) is 0 Å². The molecule has 7 nitrogen and oxygen atoms in total. The van der Waals surface area contributed by atoms with Crippen LogP contribution in [0.5, 0.6) is 0 Å². The molecule has 3 aromatic rings. The lowest BCUT2D eigenvalue weighted by atomic mass is 10.1. The molecule has 0 unspecified atom stereocenters. The summed E-state index contributed by atoms with van der Waals surface area (Å²) in [6.07, 6.45) is 0. The fourth-order valence-electron chi connectivity index (χ4n) is 3.74. The van der Waals surface area contributed by atoms with Crippen molar-refractivity contribution in [1.82, 2.24) is 19.2 Å². The van der Waals surface area contributed by atoms with Gasteiger partial charge in [0.25, 0.3) is 5.56 Å². The van der Waals surface area contributed by atoms with Crippen LogP contribution in [-0.4, -0.2) is 53.8 Å². The van der Waals surface area contributed by atoms with Crippen molar-refractivity contribution in [3.8, 4) is 0 Å². The summed E-state index contributed by atoms with van der Waals surface area (Å²) in [5.41, 5.74) is 2.93. The number of hydrogen-bond donors (Lipinski definition) is 1. The summed E-state index contributed by atoms with van der Waals surface area (Å²) < 4.78 is 27.5. The molecule has 1 aromatic carbocycles. The topological polar surface area (TPSA) is 86.4 Å². The minimum atomic E-state index is -3.50. The predicted molar refractivity (Wildman–Crippen MR) is 120 cm³/mol. The van der Waals surface area contributed by atoms with Gasteiger partial charge in [0.05, 0.1) is 16.8 Å². The second kappa shape index (κ2) is 7.88. The first kappa shape index (κ1) is 21.2. The summed E-state index contributed by atoms with van der Waals surface area (Å²) in [4.78, 5) is 24.3. The average Bonchev–Trinajstić information content (AvgIpc) is 2.98. The van der Waals surface area contributed by atoms with Gasteiger partial charge in [0.1, 0.15) is 10.7 Å². The number of nitrogens with zero attached hydrogens (tertiary/aromatic N) is 3. The molecule has 1 aliphatic heterocycles. The molecule has 0 bridgehead atoms. The number of aromatic nitrogens is 2. The molecule has 4 rings (SSSR count). The highest BCUT2D eigenvalue weighted by Crippen LogP contribution is 2.26. The summed E-state index contributed by atoms with van der Waals surface area (Å²) in [6.45, 7) is 10.3. The monoisotopic (exact) mass is 446 g/mol. The third-order valence-electron chi connectivity index (χ3n) is 5.91. The van der Waals surface area contributed by atoms with E-state index in [0.29, 0.717) is 48.8 Å². The average molecular weight is 447 g/mol. The van der Waals surface area contributed by atoms with Gasteiger partial charge in [0, 0.05) is 31.1 Å². The van der Waals surface area contributed by atoms with Gasteiger partial charge in [-0.25, -0.2) is 13.4 Å². The molecule has 0 spiro atoms. The van der Waals surface area contributed by atoms with Crippen LogP contribution in [0.1, 0.15) is 27.4 Å². The van der Waals surface area contributed by atoms with Crippen LogP contribution in [0.25, 0.3) is 10.2 Å². The Morgan fingerprint density at radius 1 is 1.07 bits per heavy atom. The first-order chi connectivity index (χ1) is 14.2. The van der Waals surface area contributed by atoms with Crippen molar-refractivity contribution in [3.05, 3.63) is 55.9 Å². The smallest absolute Gasteiger partial charge is 0.259 e. The van der Waals surface area contributed by atoms with E-state index in [4.69, 9.17) is 0 Å². The van der Waals surface area contributed by atoms with Gasteiger partial charge in [-0.2, -0.15) is 4.31 Å². The van der Waals surface area contributed by atoms with Crippen LogP contribution in [0.3, 0.4) is 0 Å².